The van der Waals surface area contributed by atoms with Gasteiger partial charge < -0.3 is 9.13 Å². The molecule has 0 N–H and O–H groups in total. The summed E-state index contributed by atoms with van der Waals surface area (Å²) in [4.78, 5) is 0. The fourth-order valence-electron chi connectivity index (χ4n) is 6.66. The summed E-state index contributed by atoms with van der Waals surface area (Å²) in [5, 5.41) is 10.1. The number of rotatable bonds is 2. The van der Waals surface area contributed by atoms with Crippen LogP contribution < -0.4 is 0 Å². The Bertz CT molecular complexity index is 2420. The Labute approximate surface area is 230 Å². The Kier molecular flexibility index (Phi) is 4.36. The molecule has 0 atom stereocenters. The van der Waals surface area contributed by atoms with Crippen LogP contribution in [-0.2, 0) is 0 Å². The molecule has 0 aliphatic carbocycles. The van der Waals surface area contributed by atoms with Crippen molar-refractivity contribution in [2.45, 2.75) is 0 Å². The number of aromatic nitrogens is 2. The molecule has 0 bridgehead atoms. The van der Waals surface area contributed by atoms with Gasteiger partial charge in [-0.1, -0.05) is 103 Å². The molecule has 2 heterocycles. The van der Waals surface area contributed by atoms with Gasteiger partial charge in [0.2, 0.25) is 0 Å². The van der Waals surface area contributed by atoms with Crippen molar-refractivity contribution in [1.82, 2.24) is 9.13 Å². The summed E-state index contributed by atoms with van der Waals surface area (Å²) < 4.78 is 4.94. The molecule has 0 aliphatic heterocycles. The summed E-state index contributed by atoms with van der Waals surface area (Å²) >= 11 is 0. The predicted octanol–water partition coefficient (Wildman–Crippen LogP) is 10.2. The van der Waals surface area contributed by atoms with Crippen molar-refractivity contribution in [3.63, 3.8) is 0 Å². The predicted molar refractivity (Wildman–Crippen MR) is 170 cm³/mol. The molecule has 2 nitrogen and oxygen atoms in total. The van der Waals surface area contributed by atoms with E-state index in [9.17, 15) is 0 Å². The second kappa shape index (κ2) is 8.08. The SMILES string of the molecule is c1ccc(-n2c3cc4ccccc4cc3c3ccc4c5ccccc5n(-c5ccc6ccccc6c5)c4c32)cc1. The minimum Gasteiger partial charge on any atom is -0.307 e. The highest BCUT2D eigenvalue weighted by molar-refractivity contribution is 6.25. The highest BCUT2D eigenvalue weighted by Gasteiger charge is 2.21. The van der Waals surface area contributed by atoms with Gasteiger partial charge in [-0.25, -0.2) is 0 Å². The number of hydrogen-bond acceptors (Lipinski definition) is 0. The van der Waals surface area contributed by atoms with Gasteiger partial charge in [-0.2, -0.15) is 0 Å². The molecule has 2 aromatic heterocycles. The Hall–Kier alpha value is -5.34. The first-order chi connectivity index (χ1) is 19.8. The van der Waals surface area contributed by atoms with Crippen LogP contribution in [0.25, 0.3) is 76.5 Å². The summed E-state index contributed by atoms with van der Waals surface area (Å²) in [6.45, 7) is 0. The van der Waals surface area contributed by atoms with E-state index < -0.39 is 0 Å². The third kappa shape index (κ3) is 2.93. The smallest absolute Gasteiger partial charge is 0.0788 e. The van der Waals surface area contributed by atoms with E-state index in [0.717, 1.165) is 0 Å². The first-order valence-corrected chi connectivity index (χ1v) is 13.8. The number of benzene rings is 7. The zero-order valence-corrected chi connectivity index (χ0v) is 21.8. The van der Waals surface area contributed by atoms with Crippen molar-refractivity contribution in [2.75, 3.05) is 0 Å². The molecular weight excluding hydrogens is 484 g/mol. The summed E-state index contributed by atoms with van der Waals surface area (Å²) in [6, 6.07) is 53.1. The zero-order valence-electron chi connectivity index (χ0n) is 21.8. The van der Waals surface area contributed by atoms with Crippen LogP contribution in [0.3, 0.4) is 0 Å². The third-order valence-electron chi connectivity index (χ3n) is 8.43. The molecule has 7 aromatic carbocycles. The lowest BCUT2D eigenvalue weighted by Crippen LogP contribution is -1.98. The van der Waals surface area contributed by atoms with Gasteiger partial charge in [-0.3, -0.25) is 0 Å². The molecule has 9 aromatic rings. The molecule has 0 radical (unpaired) electrons. The third-order valence-corrected chi connectivity index (χ3v) is 8.43. The lowest BCUT2D eigenvalue weighted by atomic mass is 10.0. The molecule has 0 spiro atoms. The normalized spacial score (nSPS) is 12.0. The van der Waals surface area contributed by atoms with E-state index in [1.807, 2.05) is 0 Å². The second-order valence-electron chi connectivity index (χ2n) is 10.6. The van der Waals surface area contributed by atoms with Crippen LogP contribution >= 0.6 is 0 Å². The maximum Gasteiger partial charge on any atom is 0.0788 e. The monoisotopic (exact) mass is 508 g/mol. The van der Waals surface area contributed by atoms with Crippen molar-refractivity contribution in [1.29, 1.82) is 0 Å². The standard InChI is InChI=1S/C38H24N2/c1-2-14-29(15-3-1)39-36-24-28-13-7-6-12-27(28)23-34(36)33-21-20-32-31-16-8-9-17-35(31)40(37(32)38(33)39)30-19-18-25-10-4-5-11-26(25)22-30/h1-24H. The molecular formula is C38H24N2. The van der Waals surface area contributed by atoms with Gasteiger partial charge >= 0.3 is 0 Å². The number of fused-ring (bicyclic) bond motifs is 9. The number of nitrogens with zero attached hydrogens (tertiary/aromatic N) is 2. The van der Waals surface area contributed by atoms with Crippen LogP contribution in [0, 0.1) is 0 Å². The van der Waals surface area contributed by atoms with Crippen LogP contribution in [0.2, 0.25) is 0 Å². The molecule has 0 saturated carbocycles. The van der Waals surface area contributed by atoms with Crippen molar-refractivity contribution >= 4 is 65.2 Å². The zero-order chi connectivity index (χ0) is 26.2. The van der Waals surface area contributed by atoms with Crippen molar-refractivity contribution < 1.29 is 0 Å². The van der Waals surface area contributed by atoms with E-state index in [0.29, 0.717) is 0 Å². The molecule has 40 heavy (non-hydrogen) atoms. The number of para-hydroxylation sites is 2. The molecule has 0 aliphatic rings. The van der Waals surface area contributed by atoms with Gasteiger partial charge in [-0.15, -0.1) is 0 Å². The summed E-state index contributed by atoms with van der Waals surface area (Å²) in [7, 11) is 0. The van der Waals surface area contributed by atoms with Crippen LogP contribution in [0.15, 0.2) is 146 Å². The average Bonchev–Trinajstić information content (AvgIpc) is 3.52. The Morgan fingerprint density at radius 3 is 1.65 bits per heavy atom. The first-order valence-electron chi connectivity index (χ1n) is 13.8. The Balaban J connectivity index is 1.54. The lowest BCUT2D eigenvalue weighted by Gasteiger charge is -2.13. The molecule has 186 valence electrons. The van der Waals surface area contributed by atoms with Crippen LogP contribution in [0.1, 0.15) is 0 Å². The van der Waals surface area contributed by atoms with Crippen molar-refractivity contribution in [3.05, 3.63) is 146 Å². The van der Waals surface area contributed by atoms with E-state index >= 15 is 0 Å². The van der Waals surface area contributed by atoms with E-state index in [1.165, 1.54) is 76.5 Å². The first kappa shape index (κ1) is 21.6. The van der Waals surface area contributed by atoms with Gasteiger partial charge in [-0.05, 0) is 64.0 Å². The van der Waals surface area contributed by atoms with Gasteiger partial charge in [0.05, 0.1) is 22.1 Å². The quantitative estimate of drug-likeness (QED) is 0.220. The molecule has 0 amide bonds. The fraction of sp³-hybridized carbons (Fsp3) is 0. The lowest BCUT2D eigenvalue weighted by molar-refractivity contribution is 1.15. The molecule has 0 fully saturated rings. The minimum atomic E-state index is 1.17. The van der Waals surface area contributed by atoms with Gasteiger partial charge in [0.15, 0.2) is 0 Å². The number of hydrogen-bond donors (Lipinski definition) is 0. The van der Waals surface area contributed by atoms with Gasteiger partial charge in [0, 0.05) is 32.9 Å². The second-order valence-corrected chi connectivity index (χ2v) is 10.6. The van der Waals surface area contributed by atoms with Gasteiger partial charge in [0.25, 0.3) is 0 Å². The van der Waals surface area contributed by atoms with Gasteiger partial charge in [0.1, 0.15) is 0 Å². The average molecular weight is 509 g/mol. The van der Waals surface area contributed by atoms with E-state index in [4.69, 9.17) is 0 Å². The summed E-state index contributed by atoms with van der Waals surface area (Å²) in [5.74, 6) is 0. The van der Waals surface area contributed by atoms with E-state index in [2.05, 4.69) is 155 Å². The van der Waals surface area contributed by atoms with E-state index in [1.54, 1.807) is 0 Å². The minimum absolute atomic E-state index is 1.17. The summed E-state index contributed by atoms with van der Waals surface area (Å²) in [6.07, 6.45) is 0. The molecule has 9 rings (SSSR count). The maximum absolute atomic E-state index is 2.47. The Morgan fingerprint density at radius 2 is 0.875 bits per heavy atom. The topological polar surface area (TPSA) is 9.86 Å². The van der Waals surface area contributed by atoms with Crippen molar-refractivity contribution in [3.8, 4) is 11.4 Å². The maximum atomic E-state index is 2.47. The van der Waals surface area contributed by atoms with Crippen LogP contribution in [-0.4, -0.2) is 9.13 Å². The fourth-order valence-corrected chi connectivity index (χ4v) is 6.66. The highest BCUT2D eigenvalue weighted by atomic mass is 15.0. The molecule has 0 saturated heterocycles. The largest absolute Gasteiger partial charge is 0.307 e. The van der Waals surface area contributed by atoms with Crippen LogP contribution in [0.5, 0.6) is 0 Å². The van der Waals surface area contributed by atoms with Crippen LogP contribution in [0.4, 0.5) is 0 Å². The van der Waals surface area contributed by atoms with Crippen molar-refractivity contribution in [2.24, 2.45) is 0 Å². The summed E-state index contributed by atoms with van der Waals surface area (Å²) in [5.41, 5.74) is 7.25. The molecule has 2 heteroatoms. The van der Waals surface area contributed by atoms with E-state index in [-0.39, 0.29) is 0 Å². The molecule has 0 unspecified atom stereocenters. The Morgan fingerprint density at radius 1 is 0.300 bits per heavy atom. The highest BCUT2D eigenvalue weighted by Crippen LogP contribution is 2.42.